The van der Waals surface area contributed by atoms with Crippen molar-refractivity contribution in [1.29, 1.82) is 0 Å². The maximum atomic E-state index is 13.0. The van der Waals surface area contributed by atoms with Gasteiger partial charge in [0.15, 0.2) is 0 Å². The molecule has 1 fully saturated rings. The van der Waals surface area contributed by atoms with E-state index in [9.17, 15) is 14.7 Å². The van der Waals surface area contributed by atoms with Gasteiger partial charge in [-0.15, -0.1) is 0 Å². The van der Waals surface area contributed by atoms with Gasteiger partial charge in [-0.1, -0.05) is 12.1 Å². The maximum absolute atomic E-state index is 13.0. The Morgan fingerprint density at radius 1 is 1.06 bits per heavy atom. The van der Waals surface area contributed by atoms with Crippen molar-refractivity contribution in [3.05, 3.63) is 65.2 Å². The largest absolute Gasteiger partial charge is 0.507 e. The molecule has 0 spiro atoms. The summed E-state index contributed by atoms with van der Waals surface area (Å²) in [5.41, 5.74) is 1.02. The lowest BCUT2D eigenvalue weighted by molar-refractivity contribution is -0.140. The Morgan fingerprint density at radius 3 is 2.47 bits per heavy atom. The number of ketones is 1. The summed E-state index contributed by atoms with van der Waals surface area (Å²) in [4.78, 5) is 27.2. The summed E-state index contributed by atoms with van der Waals surface area (Å²) < 4.78 is 16.0. The van der Waals surface area contributed by atoms with Crippen molar-refractivity contribution in [2.24, 2.45) is 0 Å². The first kappa shape index (κ1) is 23.3. The number of carbonyl (C=O) groups is 2. The zero-order valence-electron chi connectivity index (χ0n) is 18.1. The van der Waals surface area contributed by atoms with Gasteiger partial charge in [0.1, 0.15) is 17.3 Å². The smallest absolute Gasteiger partial charge is 0.295 e. The number of amides is 1. The minimum Gasteiger partial charge on any atom is -0.507 e. The fraction of sp³-hybridized carbons (Fsp3) is 0.333. The molecule has 32 heavy (non-hydrogen) atoms. The van der Waals surface area contributed by atoms with Crippen LogP contribution in [0, 0.1) is 0 Å². The van der Waals surface area contributed by atoms with E-state index < -0.39 is 17.7 Å². The lowest BCUT2D eigenvalue weighted by Crippen LogP contribution is -2.33. The molecule has 8 nitrogen and oxygen atoms in total. The summed E-state index contributed by atoms with van der Waals surface area (Å²) in [6, 6.07) is 12.9. The molecule has 1 heterocycles. The van der Waals surface area contributed by atoms with E-state index >= 15 is 0 Å². The molecule has 3 rings (SSSR count). The monoisotopic (exact) mass is 441 g/mol. The van der Waals surface area contributed by atoms with Crippen molar-refractivity contribution in [2.75, 3.05) is 40.1 Å². The third kappa shape index (κ3) is 4.92. The summed E-state index contributed by atoms with van der Waals surface area (Å²) in [5, 5.41) is 20.0. The van der Waals surface area contributed by atoms with Gasteiger partial charge >= 0.3 is 0 Å². The summed E-state index contributed by atoms with van der Waals surface area (Å²) in [6.07, 6.45) is 0. The first-order valence-electron chi connectivity index (χ1n) is 10.4. The predicted octanol–water partition coefficient (Wildman–Crippen LogP) is 2.52. The van der Waals surface area contributed by atoms with Crippen LogP contribution in [-0.2, 0) is 14.3 Å². The molecule has 2 N–H and O–H groups in total. The van der Waals surface area contributed by atoms with Crippen LogP contribution in [0.1, 0.15) is 24.1 Å². The Kier molecular flexibility index (Phi) is 7.86. The number of aliphatic hydroxyl groups is 2. The van der Waals surface area contributed by atoms with Crippen molar-refractivity contribution in [2.45, 2.75) is 13.0 Å². The lowest BCUT2D eigenvalue weighted by Gasteiger charge is -2.25. The molecule has 8 heteroatoms. The highest BCUT2D eigenvalue weighted by molar-refractivity contribution is 6.46. The molecule has 0 aliphatic carbocycles. The van der Waals surface area contributed by atoms with Gasteiger partial charge in [0.2, 0.25) is 0 Å². The van der Waals surface area contributed by atoms with E-state index in [0.29, 0.717) is 29.2 Å². The standard InChI is InChI=1S/C24H27NO7/c1-3-32-18-9-7-16(8-10-18)22(27)20-21(17-5-4-6-19(15-17)30-2)25(24(29)23(20)28)11-13-31-14-12-26/h4-10,15,21,26-27H,3,11-14H2,1-2H3/b22-20-. The van der Waals surface area contributed by atoms with Crippen LogP contribution in [-0.4, -0.2) is 66.9 Å². The van der Waals surface area contributed by atoms with Crippen molar-refractivity contribution in [3.63, 3.8) is 0 Å². The van der Waals surface area contributed by atoms with Crippen LogP contribution in [0.3, 0.4) is 0 Å². The Hall–Kier alpha value is -3.36. The Labute approximate surface area is 186 Å². The molecule has 1 unspecified atom stereocenters. The van der Waals surface area contributed by atoms with E-state index in [1.165, 1.54) is 12.0 Å². The van der Waals surface area contributed by atoms with E-state index in [-0.39, 0.29) is 37.7 Å². The molecule has 2 aromatic carbocycles. The van der Waals surface area contributed by atoms with E-state index in [1.807, 2.05) is 6.92 Å². The number of carbonyl (C=O) groups excluding carboxylic acids is 2. The predicted molar refractivity (Wildman–Crippen MR) is 118 cm³/mol. The number of likely N-dealkylation sites (tertiary alicyclic amines) is 1. The first-order valence-corrected chi connectivity index (χ1v) is 10.4. The fourth-order valence-corrected chi connectivity index (χ4v) is 3.63. The molecule has 1 aliphatic heterocycles. The van der Waals surface area contributed by atoms with Gasteiger partial charge in [0.05, 0.1) is 45.2 Å². The van der Waals surface area contributed by atoms with Crippen molar-refractivity contribution < 1.29 is 34.0 Å². The van der Waals surface area contributed by atoms with Crippen LogP contribution in [0.5, 0.6) is 11.5 Å². The average molecular weight is 441 g/mol. The summed E-state index contributed by atoms with van der Waals surface area (Å²) in [6.45, 7) is 2.61. The van der Waals surface area contributed by atoms with E-state index in [0.717, 1.165) is 0 Å². The van der Waals surface area contributed by atoms with E-state index in [1.54, 1.807) is 48.5 Å². The minimum absolute atomic E-state index is 0.00503. The number of hydrogen-bond donors (Lipinski definition) is 2. The number of benzene rings is 2. The van der Waals surface area contributed by atoms with E-state index in [2.05, 4.69) is 0 Å². The quantitative estimate of drug-likeness (QED) is 0.253. The highest BCUT2D eigenvalue weighted by Crippen LogP contribution is 2.40. The van der Waals surface area contributed by atoms with Crippen LogP contribution in [0.2, 0.25) is 0 Å². The van der Waals surface area contributed by atoms with Crippen molar-refractivity contribution >= 4 is 17.4 Å². The molecule has 2 aromatic rings. The third-order valence-corrected chi connectivity index (χ3v) is 5.10. The highest BCUT2D eigenvalue weighted by Gasteiger charge is 2.46. The minimum atomic E-state index is -0.811. The number of aliphatic hydroxyl groups excluding tert-OH is 2. The van der Waals surface area contributed by atoms with Crippen LogP contribution < -0.4 is 9.47 Å². The van der Waals surface area contributed by atoms with Crippen LogP contribution >= 0.6 is 0 Å². The van der Waals surface area contributed by atoms with Gasteiger partial charge in [0, 0.05) is 12.1 Å². The first-order chi connectivity index (χ1) is 15.5. The number of nitrogens with zero attached hydrogens (tertiary/aromatic N) is 1. The summed E-state index contributed by atoms with van der Waals surface area (Å²) >= 11 is 0. The van der Waals surface area contributed by atoms with Gasteiger partial charge in [-0.25, -0.2) is 0 Å². The number of methoxy groups -OCH3 is 1. The molecule has 1 saturated heterocycles. The molecule has 0 aromatic heterocycles. The molecule has 1 aliphatic rings. The lowest BCUT2D eigenvalue weighted by atomic mass is 9.95. The Bertz CT molecular complexity index is 984. The zero-order chi connectivity index (χ0) is 23.1. The molecule has 0 saturated carbocycles. The highest BCUT2D eigenvalue weighted by atomic mass is 16.5. The second-order valence-corrected chi connectivity index (χ2v) is 7.06. The van der Waals surface area contributed by atoms with Gasteiger partial charge in [-0.05, 0) is 48.9 Å². The summed E-state index contributed by atoms with van der Waals surface area (Å²) in [7, 11) is 1.53. The topological polar surface area (TPSA) is 106 Å². The molecule has 1 amide bonds. The Balaban J connectivity index is 2.05. The molecular formula is C24H27NO7. The van der Waals surface area contributed by atoms with Gasteiger partial charge in [0.25, 0.3) is 11.7 Å². The van der Waals surface area contributed by atoms with Crippen LogP contribution in [0.15, 0.2) is 54.1 Å². The Morgan fingerprint density at radius 2 is 1.81 bits per heavy atom. The second kappa shape index (κ2) is 10.8. The third-order valence-electron chi connectivity index (χ3n) is 5.10. The molecule has 1 atom stereocenters. The zero-order valence-corrected chi connectivity index (χ0v) is 18.1. The van der Waals surface area contributed by atoms with Crippen LogP contribution in [0.4, 0.5) is 0 Å². The SMILES string of the molecule is CCOc1ccc(/C(O)=C2/C(=O)C(=O)N(CCOCCO)C2c2cccc(OC)c2)cc1. The normalized spacial score (nSPS) is 17.6. The second-order valence-electron chi connectivity index (χ2n) is 7.06. The van der Waals surface area contributed by atoms with Gasteiger partial charge < -0.3 is 29.3 Å². The molecule has 0 radical (unpaired) electrons. The fourth-order valence-electron chi connectivity index (χ4n) is 3.63. The summed E-state index contributed by atoms with van der Waals surface area (Å²) in [5.74, 6) is -0.567. The number of ether oxygens (including phenoxy) is 3. The number of rotatable bonds is 10. The molecule has 170 valence electrons. The number of hydrogen-bond acceptors (Lipinski definition) is 7. The van der Waals surface area contributed by atoms with Crippen LogP contribution in [0.25, 0.3) is 5.76 Å². The van der Waals surface area contributed by atoms with Crippen molar-refractivity contribution in [3.8, 4) is 11.5 Å². The average Bonchev–Trinajstić information content (AvgIpc) is 3.07. The van der Waals surface area contributed by atoms with Gasteiger partial charge in [-0.3, -0.25) is 9.59 Å². The van der Waals surface area contributed by atoms with E-state index in [4.69, 9.17) is 19.3 Å². The number of Topliss-reactive ketones (excluding diaryl/α,β-unsaturated/α-hetero) is 1. The van der Waals surface area contributed by atoms with Crippen molar-refractivity contribution in [1.82, 2.24) is 4.90 Å². The molecular weight excluding hydrogens is 414 g/mol. The van der Waals surface area contributed by atoms with Gasteiger partial charge in [-0.2, -0.15) is 0 Å². The maximum Gasteiger partial charge on any atom is 0.295 e. The molecule has 0 bridgehead atoms.